The fourth-order valence-electron chi connectivity index (χ4n) is 2.94. The molecule has 0 radical (unpaired) electrons. The second kappa shape index (κ2) is 5.15. The molecule has 3 nitrogen and oxygen atoms in total. The van der Waals surface area contributed by atoms with Gasteiger partial charge in [-0.1, -0.05) is 0 Å². The first-order chi connectivity index (χ1) is 7.58. The predicted molar refractivity (Wildman–Crippen MR) is 69.2 cm³/mol. The van der Waals surface area contributed by atoms with E-state index in [4.69, 9.17) is 0 Å². The molecule has 2 rings (SSSR count). The van der Waals surface area contributed by atoms with Gasteiger partial charge in [-0.15, -0.1) is 0 Å². The van der Waals surface area contributed by atoms with Gasteiger partial charge in [0.2, 0.25) is 0 Å². The third kappa shape index (κ3) is 2.66. The van der Waals surface area contributed by atoms with Crippen LogP contribution in [-0.4, -0.2) is 63.8 Å². The molecule has 0 aliphatic carbocycles. The molecule has 2 aliphatic rings. The molecule has 16 heavy (non-hydrogen) atoms. The van der Waals surface area contributed by atoms with Gasteiger partial charge in [0.05, 0.1) is 0 Å². The van der Waals surface area contributed by atoms with Crippen molar-refractivity contribution in [3.05, 3.63) is 0 Å². The van der Waals surface area contributed by atoms with E-state index in [0.29, 0.717) is 11.3 Å². The quantitative estimate of drug-likeness (QED) is 0.738. The number of hydrogen-bond donors (Lipinski definition) is 0. The molecule has 4 heteroatoms. The van der Waals surface area contributed by atoms with Crippen molar-refractivity contribution in [3.8, 4) is 0 Å². The van der Waals surface area contributed by atoms with Crippen molar-refractivity contribution >= 4 is 10.8 Å². The molecule has 0 aromatic carbocycles. The Morgan fingerprint density at radius 3 is 2.88 bits per heavy atom. The summed E-state index contributed by atoms with van der Waals surface area (Å²) in [6.45, 7) is 9.08. The van der Waals surface area contributed by atoms with Crippen LogP contribution in [0, 0.1) is 0 Å². The maximum absolute atomic E-state index is 11.4. The lowest BCUT2D eigenvalue weighted by molar-refractivity contribution is 0.0605. The minimum Gasteiger partial charge on any atom is -0.298 e. The molecule has 0 aromatic heterocycles. The molecule has 4 unspecified atom stereocenters. The molecule has 2 saturated heterocycles. The van der Waals surface area contributed by atoms with Crippen LogP contribution in [-0.2, 0) is 10.8 Å². The third-order valence-corrected chi connectivity index (χ3v) is 5.41. The van der Waals surface area contributed by atoms with Crippen LogP contribution in [0.25, 0.3) is 0 Å². The van der Waals surface area contributed by atoms with Crippen molar-refractivity contribution in [2.75, 3.05) is 32.4 Å². The molecular weight excluding hydrogens is 220 g/mol. The van der Waals surface area contributed by atoms with E-state index >= 15 is 0 Å². The average molecular weight is 244 g/mol. The number of hydrogen-bond acceptors (Lipinski definition) is 3. The minimum atomic E-state index is -0.689. The molecule has 0 amide bonds. The Hall–Kier alpha value is 0.0700. The van der Waals surface area contributed by atoms with Crippen LogP contribution >= 0.6 is 0 Å². The smallest absolute Gasteiger partial charge is 0.0444 e. The highest BCUT2D eigenvalue weighted by molar-refractivity contribution is 7.84. The summed E-state index contributed by atoms with van der Waals surface area (Å²) in [5, 5.41) is 0.301. The van der Waals surface area contributed by atoms with Gasteiger partial charge in [0.15, 0.2) is 0 Å². The lowest BCUT2D eigenvalue weighted by Gasteiger charge is -2.43. The molecule has 0 N–H and O–H groups in total. The van der Waals surface area contributed by atoms with Crippen LogP contribution in [0.3, 0.4) is 0 Å². The average Bonchev–Trinajstić information content (AvgIpc) is 2.65. The topological polar surface area (TPSA) is 23.6 Å². The molecule has 2 heterocycles. The van der Waals surface area contributed by atoms with Gasteiger partial charge in [0.25, 0.3) is 0 Å². The van der Waals surface area contributed by atoms with Crippen molar-refractivity contribution in [2.45, 2.75) is 44.0 Å². The van der Waals surface area contributed by atoms with Gasteiger partial charge in [-0.25, -0.2) is 0 Å². The third-order valence-electron chi connectivity index (χ3n) is 4.12. The van der Waals surface area contributed by atoms with E-state index in [9.17, 15) is 4.21 Å². The van der Waals surface area contributed by atoms with E-state index in [1.54, 1.807) is 0 Å². The van der Waals surface area contributed by atoms with E-state index in [-0.39, 0.29) is 0 Å². The highest BCUT2D eigenvalue weighted by Gasteiger charge is 2.34. The van der Waals surface area contributed by atoms with Gasteiger partial charge in [-0.05, 0) is 33.2 Å². The monoisotopic (exact) mass is 244 g/mol. The number of nitrogens with zero attached hydrogens (tertiary/aromatic N) is 2. The van der Waals surface area contributed by atoms with E-state index in [1.807, 2.05) is 6.26 Å². The molecule has 0 saturated carbocycles. The highest BCUT2D eigenvalue weighted by Crippen LogP contribution is 2.24. The van der Waals surface area contributed by atoms with Crippen LogP contribution in [0.1, 0.15) is 26.7 Å². The van der Waals surface area contributed by atoms with Crippen LogP contribution in [0.15, 0.2) is 0 Å². The molecule has 0 bridgehead atoms. The Morgan fingerprint density at radius 1 is 1.44 bits per heavy atom. The predicted octanol–water partition coefficient (Wildman–Crippen LogP) is 0.922. The van der Waals surface area contributed by atoms with Crippen LogP contribution in [0.4, 0.5) is 0 Å². The van der Waals surface area contributed by atoms with Gasteiger partial charge < -0.3 is 0 Å². The fourth-order valence-corrected chi connectivity index (χ4v) is 3.34. The van der Waals surface area contributed by atoms with Gasteiger partial charge in [0, 0.05) is 54.0 Å². The first-order valence-corrected chi connectivity index (χ1v) is 8.00. The first-order valence-electron chi connectivity index (χ1n) is 6.38. The zero-order chi connectivity index (χ0) is 11.7. The Kier molecular flexibility index (Phi) is 4.03. The summed E-state index contributed by atoms with van der Waals surface area (Å²) in [5.41, 5.74) is 0. The Bertz CT molecular complexity index is 272. The second-order valence-electron chi connectivity index (χ2n) is 5.40. The van der Waals surface area contributed by atoms with E-state index in [1.165, 1.54) is 32.5 Å². The summed E-state index contributed by atoms with van der Waals surface area (Å²) in [5.74, 6) is 0. The fraction of sp³-hybridized carbons (Fsp3) is 1.00. The van der Waals surface area contributed by atoms with Crippen LogP contribution in [0.2, 0.25) is 0 Å². The Labute approximate surface area is 102 Å². The van der Waals surface area contributed by atoms with Crippen molar-refractivity contribution in [3.63, 3.8) is 0 Å². The molecule has 0 spiro atoms. The largest absolute Gasteiger partial charge is 0.298 e. The van der Waals surface area contributed by atoms with Gasteiger partial charge in [-0.3, -0.25) is 14.0 Å². The van der Waals surface area contributed by atoms with Gasteiger partial charge >= 0.3 is 0 Å². The maximum Gasteiger partial charge on any atom is 0.0444 e. The zero-order valence-corrected chi connectivity index (χ0v) is 11.5. The Morgan fingerprint density at radius 2 is 2.19 bits per heavy atom. The Balaban J connectivity index is 1.92. The molecule has 94 valence electrons. The SMILES string of the molecule is CC1CN2CCCC2CN1CC(C)S(C)=O. The first kappa shape index (κ1) is 12.5. The minimum absolute atomic E-state index is 0.301. The lowest BCUT2D eigenvalue weighted by Crippen LogP contribution is -2.56. The number of fused-ring (bicyclic) bond motifs is 1. The number of piperazine rings is 1. The second-order valence-corrected chi connectivity index (χ2v) is 7.21. The van der Waals surface area contributed by atoms with Crippen molar-refractivity contribution in [1.29, 1.82) is 0 Å². The standard InChI is InChI=1S/C12H24N2OS/c1-10-7-13-6-4-5-12(13)9-14(10)8-11(2)16(3)15/h10-12H,4-9H2,1-3H3. The summed E-state index contributed by atoms with van der Waals surface area (Å²) >= 11 is 0. The summed E-state index contributed by atoms with van der Waals surface area (Å²) < 4.78 is 11.4. The molecule has 0 aromatic rings. The summed E-state index contributed by atoms with van der Waals surface area (Å²) in [6, 6.07) is 1.40. The molecule has 4 atom stereocenters. The molecule has 2 aliphatic heterocycles. The van der Waals surface area contributed by atoms with Crippen molar-refractivity contribution < 1.29 is 4.21 Å². The van der Waals surface area contributed by atoms with E-state index in [0.717, 1.165) is 12.6 Å². The van der Waals surface area contributed by atoms with Crippen molar-refractivity contribution in [2.24, 2.45) is 0 Å². The van der Waals surface area contributed by atoms with Crippen LogP contribution < -0.4 is 0 Å². The van der Waals surface area contributed by atoms with Gasteiger partial charge in [0.1, 0.15) is 0 Å². The van der Waals surface area contributed by atoms with E-state index < -0.39 is 10.8 Å². The summed E-state index contributed by atoms with van der Waals surface area (Å²) in [4.78, 5) is 5.17. The van der Waals surface area contributed by atoms with Crippen molar-refractivity contribution in [1.82, 2.24) is 9.80 Å². The molecular formula is C12H24N2OS. The maximum atomic E-state index is 11.4. The zero-order valence-electron chi connectivity index (χ0n) is 10.7. The van der Waals surface area contributed by atoms with Crippen LogP contribution in [0.5, 0.6) is 0 Å². The summed E-state index contributed by atoms with van der Waals surface area (Å²) in [6.07, 6.45) is 4.54. The number of rotatable bonds is 3. The lowest BCUT2D eigenvalue weighted by atomic mass is 10.1. The highest BCUT2D eigenvalue weighted by atomic mass is 32.2. The summed E-state index contributed by atoms with van der Waals surface area (Å²) in [7, 11) is -0.689. The van der Waals surface area contributed by atoms with Gasteiger partial charge in [-0.2, -0.15) is 0 Å². The van der Waals surface area contributed by atoms with E-state index in [2.05, 4.69) is 23.6 Å². The normalized spacial score (nSPS) is 35.9. The molecule has 2 fully saturated rings.